The van der Waals surface area contributed by atoms with Crippen molar-refractivity contribution in [1.29, 1.82) is 5.26 Å². The fraction of sp³-hybridized carbons (Fsp3) is 0.500. The Morgan fingerprint density at radius 3 is 2.29 bits per heavy atom. The van der Waals surface area contributed by atoms with Crippen LogP contribution in [0.5, 0.6) is 0 Å². The molecular weight excluding hydrogens is 220 g/mol. The number of carbonyl (C=O) groups excluding carboxylic acids is 1. The van der Waals surface area contributed by atoms with Crippen molar-refractivity contribution in [2.24, 2.45) is 0 Å². The van der Waals surface area contributed by atoms with E-state index in [4.69, 9.17) is 14.7 Å². The summed E-state index contributed by atoms with van der Waals surface area (Å²) >= 11 is 0. The minimum absolute atomic E-state index is 0.119. The van der Waals surface area contributed by atoms with Crippen molar-refractivity contribution in [3.8, 4) is 6.07 Å². The molecular formula is C12H18N2O3. The molecule has 0 atom stereocenters. The number of nitriles is 1. The maximum atomic E-state index is 11.5. The molecule has 0 saturated heterocycles. The van der Waals surface area contributed by atoms with E-state index in [1.165, 1.54) is 0 Å². The van der Waals surface area contributed by atoms with Crippen LogP contribution in [0.3, 0.4) is 0 Å². The molecule has 0 rings (SSSR count). The topological polar surface area (TPSA) is 62.6 Å². The van der Waals surface area contributed by atoms with Crippen molar-refractivity contribution in [2.45, 2.75) is 13.8 Å². The number of esters is 1. The van der Waals surface area contributed by atoms with Gasteiger partial charge in [-0.2, -0.15) is 5.26 Å². The van der Waals surface area contributed by atoms with Crippen molar-refractivity contribution >= 4 is 5.97 Å². The van der Waals surface area contributed by atoms with E-state index in [1.54, 1.807) is 37.1 Å². The fourth-order valence-corrected chi connectivity index (χ4v) is 0.980. The predicted octanol–water partition coefficient (Wildman–Crippen LogP) is 1.44. The normalized spacial score (nSPS) is 11.7. The SMILES string of the molecule is CCOC(=O)/C(C#N)=C(/C=C/N(C)C)OCC. The molecule has 0 N–H and O–H groups in total. The zero-order valence-electron chi connectivity index (χ0n) is 10.7. The Morgan fingerprint density at radius 2 is 1.88 bits per heavy atom. The van der Waals surface area contributed by atoms with Crippen molar-refractivity contribution in [2.75, 3.05) is 27.3 Å². The van der Waals surface area contributed by atoms with Gasteiger partial charge in [0.15, 0.2) is 5.57 Å². The number of allylic oxidation sites excluding steroid dienone is 1. The number of nitrogens with zero attached hydrogens (tertiary/aromatic N) is 2. The lowest BCUT2D eigenvalue weighted by Gasteiger charge is -2.09. The average Bonchev–Trinajstić information content (AvgIpc) is 2.27. The first-order valence-electron chi connectivity index (χ1n) is 5.35. The van der Waals surface area contributed by atoms with Gasteiger partial charge in [0.25, 0.3) is 0 Å². The van der Waals surface area contributed by atoms with Gasteiger partial charge in [-0.25, -0.2) is 4.79 Å². The Labute approximate surface area is 102 Å². The summed E-state index contributed by atoms with van der Waals surface area (Å²) in [6.07, 6.45) is 3.26. The smallest absolute Gasteiger partial charge is 0.352 e. The van der Waals surface area contributed by atoms with Crippen LogP contribution in [-0.2, 0) is 14.3 Å². The lowest BCUT2D eigenvalue weighted by atomic mass is 10.2. The van der Waals surface area contributed by atoms with Gasteiger partial charge in [0.2, 0.25) is 0 Å². The van der Waals surface area contributed by atoms with E-state index >= 15 is 0 Å². The van der Waals surface area contributed by atoms with E-state index in [1.807, 2.05) is 14.1 Å². The lowest BCUT2D eigenvalue weighted by Crippen LogP contribution is -2.10. The largest absolute Gasteiger partial charge is 0.492 e. The second kappa shape index (κ2) is 8.22. The molecule has 17 heavy (non-hydrogen) atoms. The molecule has 0 aromatic carbocycles. The molecule has 0 aliphatic rings. The summed E-state index contributed by atoms with van der Waals surface area (Å²) in [5, 5.41) is 8.95. The highest BCUT2D eigenvalue weighted by Gasteiger charge is 2.16. The summed E-state index contributed by atoms with van der Waals surface area (Å²) < 4.78 is 10.0. The highest BCUT2D eigenvalue weighted by Crippen LogP contribution is 2.10. The molecule has 0 fully saturated rings. The van der Waals surface area contributed by atoms with Crippen LogP contribution < -0.4 is 0 Å². The van der Waals surface area contributed by atoms with Crippen LogP contribution in [-0.4, -0.2) is 38.2 Å². The number of hydrogen-bond acceptors (Lipinski definition) is 5. The summed E-state index contributed by atoms with van der Waals surface area (Å²) in [6.45, 7) is 4.06. The molecule has 0 spiro atoms. The lowest BCUT2D eigenvalue weighted by molar-refractivity contribution is -0.138. The van der Waals surface area contributed by atoms with Crippen molar-refractivity contribution in [3.05, 3.63) is 23.6 Å². The second-order valence-electron chi connectivity index (χ2n) is 3.28. The highest BCUT2D eigenvalue weighted by molar-refractivity contribution is 5.93. The van der Waals surface area contributed by atoms with E-state index in [9.17, 15) is 4.79 Å². The van der Waals surface area contributed by atoms with Crippen LogP contribution in [0.1, 0.15) is 13.8 Å². The van der Waals surface area contributed by atoms with Gasteiger partial charge in [0, 0.05) is 20.3 Å². The minimum atomic E-state index is -0.665. The van der Waals surface area contributed by atoms with Crippen molar-refractivity contribution < 1.29 is 14.3 Å². The highest BCUT2D eigenvalue weighted by atomic mass is 16.5. The standard InChI is InChI=1S/C12H18N2O3/c1-5-16-11(7-8-14(3)4)10(9-13)12(15)17-6-2/h7-8H,5-6H2,1-4H3/b8-7+,11-10-. The van der Waals surface area contributed by atoms with E-state index in [0.717, 1.165) is 0 Å². The zero-order valence-corrected chi connectivity index (χ0v) is 10.7. The number of ether oxygens (including phenoxy) is 2. The molecule has 5 nitrogen and oxygen atoms in total. The van der Waals surface area contributed by atoms with Crippen LogP contribution in [0.15, 0.2) is 23.6 Å². The summed E-state index contributed by atoms with van der Waals surface area (Å²) in [4.78, 5) is 13.3. The quantitative estimate of drug-likeness (QED) is 0.230. The van der Waals surface area contributed by atoms with Gasteiger partial charge in [-0.3, -0.25) is 0 Å². The molecule has 0 bridgehead atoms. The van der Waals surface area contributed by atoms with Crippen molar-refractivity contribution in [3.63, 3.8) is 0 Å². The molecule has 0 aliphatic heterocycles. The maximum absolute atomic E-state index is 11.5. The number of carbonyl (C=O) groups is 1. The molecule has 0 aromatic rings. The minimum Gasteiger partial charge on any atom is -0.492 e. The predicted molar refractivity (Wildman–Crippen MR) is 63.7 cm³/mol. The first-order chi connectivity index (χ1) is 8.06. The zero-order chi connectivity index (χ0) is 13.3. The van der Waals surface area contributed by atoms with Gasteiger partial charge in [0.05, 0.1) is 13.2 Å². The monoisotopic (exact) mass is 238 g/mol. The van der Waals surface area contributed by atoms with Crippen LogP contribution in [0.2, 0.25) is 0 Å². The summed E-state index contributed by atoms with van der Waals surface area (Å²) in [7, 11) is 3.66. The fourth-order valence-electron chi connectivity index (χ4n) is 0.980. The number of rotatable bonds is 6. The molecule has 0 heterocycles. The molecule has 5 heteroatoms. The Hall–Kier alpha value is -1.96. The third-order valence-electron chi connectivity index (χ3n) is 1.66. The molecule has 0 amide bonds. The third-order valence-corrected chi connectivity index (χ3v) is 1.66. The van der Waals surface area contributed by atoms with E-state index in [0.29, 0.717) is 6.61 Å². The molecule has 0 aromatic heterocycles. The Kier molecular flexibility index (Phi) is 7.27. The van der Waals surface area contributed by atoms with Crippen LogP contribution in [0.25, 0.3) is 0 Å². The second-order valence-corrected chi connectivity index (χ2v) is 3.28. The van der Waals surface area contributed by atoms with Gasteiger partial charge < -0.3 is 14.4 Å². The molecule has 0 unspecified atom stereocenters. The van der Waals surface area contributed by atoms with Crippen LogP contribution >= 0.6 is 0 Å². The summed E-state index contributed by atoms with van der Waals surface area (Å²) in [6, 6.07) is 1.81. The Morgan fingerprint density at radius 1 is 1.29 bits per heavy atom. The van der Waals surface area contributed by atoms with Gasteiger partial charge in [0.1, 0.15) is 11.8 Å². The number of hydrogen-bond donors (Lipinski definition) is 0. The third kappa shape index (κ3) is 5.61. The van der Waals surface area contributed by atoms with Crippen molar-refractivity contribution in [1.82, 2.24) is 4.90 Å². The molecule has 0 aliphatic carbocycles. The molecule has 0 radical (unpaired) electrons. The van der Waals surface area contributed by atoms with E-state index in [-0.39, 0.29) is 17.9 Å². The summed E-state index contributed by atoms with van der Waals surface area (Å²) in [5.41, 5.74) is -0.119. The van der Waals surface area contributed by atoms with Gasteiger partial charge in [-0.15, -0.1) is 0 Å². The Bertz CT molecular complexity index is 351. The molecule has 94 valence electrons. The molecule has 0 saturated carbocycles. The van der Waals surface area contributed by atoms with E-state index < -0.39 is 5.97 Å². The first kappa shape index (κ1) is 15.0. The first-order valence-corrected chi connectivity index (χ1v) is 5.35. The van der Waals surface area contributed by atoms with Crippen LogP contribution in [0.4, 0.5) is 0 Å². The van der Waals surface area contributed by atoms with Gasteiger partial charge in [-0.1, -0.05) is 0 Å². The average molecular weight is 238 g/mol. The van der Waals surface area contributed by atoms with Gasteiger partial charge >= 0.3 is 5.97 Å². The maximum Gasteiger partial charge on any atom is 0.352 e. The van der Waals surface area contributed by atoms with Crippen LogP contribution in [0, 0.1) is 11.3 Å². The van der Waals surface area contributed by atoms with Gasteiger partial charge in [-0.05, 0) is 19.9 Å². The summed E-state index contributed by atoms with van der Waals surface area (Å²) in [5.74, 6) is -0.441. The Balaban J connectivity index is 5.17. The van der Waals surface area contributed by atoms with E-state index in [2.05, 4.69) is 0 Å².